The predicted molar refractivity (Wildman–Crippen MR) is 92.6 cm³/mol. The summed E-state index contributed by atoms with van der Waals surface area (Å²) in [5.41, 5.74) is 0.783. The van der Waals surface area contributed by atoms with Crippen molar-refractivity contribution in [3.05, 3.63) is 48.8 Å². The van der Waals surface area contributed by atoms with Crippen LogP contribution in [0.5, 0.6) is 0 Å². The van der Waals surface area contributed by atoms with Crippen LogP contribution in [0.25, 0.3) is 0 Å². The maximum Gasteiger partial charge on any atom is 0.228 e. The predicted octanol–water partition coefficient (Wildman–Crippen LogP) is 0.972. The number of piperazine rings is 1. The van der Waals surface area contributed by atoms with E-state index >= 15 is 0 Å². The first-order chi connectivity index (χ1) is 12.2. The fourth-order valence-corrected chi connectivity index (χ4v) is 2.96. The van der Waals surface area contributed by atoms with Crippen LogP contribution in [0.15, 0.2) is 43.1 Å². The largest absolute Gasteiger partial charge is 0.339 e. The molecule has 2 amide bonds. The van der Waals surface area contributed by atoms with Gasteiger partial charge in [-0.15, -0.1) is 0 Å². The summed E-state index contributed by atoms with van der Waals surface area (Å²) in [4.78, 5) is 36.5. The van der Waals surface area contributed by atoms with Gasteiger partial charge in [-0.25, -0.2) is 4.98 Å². The van der Waals surface area contributed by atoms with Crippen LogP contribution < -0.4 is 0 Å². The molecule has 0 aliphatic carbocycles. The molecule has 7 heteroatoms. The monoisotopic (exact) mass is 341 g/mol. The lowest BCUT2D eigenvalue weighted by molar-refractivity contribution is -0.139. The highest BCUT2D eigenvalue weighted by molar-refractivity contribution is 5.79. The number of hydrogen-bond acceptors (Lipinski definition) is 4. The van der Waals surface area contributed by atoms with E-state index in [0.717, 1.165) is 18.7 Å². The molecule has 1 saturated heterocycles. The van der Waals surface area contributed by atoms with E-state index in [1.54, 1.807) is 18.7 Å². The third-order valence-corrected chi connectivity index (χ3v) is 4.41. The van der Waals surface area contributed by atoms with Gasteiger partial charge in [-0.3, -0.25) is 14.6 Å². The Bertz CT molecular complexity index is 679. The highest BCUT2D eigenvalue weighted by atomic mass is 16.2. The van der Waals surface area contributed by atoms with Gasteiger partial charge in [0.1, 0.15) is 0 Å². The third-order valence-electron chi connectivity index (χ3n) is 4.41. The number of carbonyl (C=O) groups excluding carboxylic acids is 2. The Kier molecular flexibility index (Phi) is 5.77. The minimum absolute atomic E-state index is 0.0749. The van der Waals surface area contributed by atoms with Gasteiger partial charge in [0, 0.05) is 63.4 Å². The van der Waals surface area contributed by atoms with Crippen molar-refractivity contribution in [3.8, 4) is 0 Å². The Morgan fingerprint density at radius 1 is 1.00 bits per heavy atom. The van der Waals surface area contributed by atoms with Crippen molar-refractivity contribution in [2.24, 2.45) is 0 Å². The Labute approximate surface area is 147 Å². The molecule has 0 aromatic carbocycles. The molecule has 0 N–H and O–H groups in total. The molecule has 3 rings (SSSR count). The van der Waals surface area contributed by atoms with E-state index in [4.69, 9.17) is 0 Å². The van der Waals surface area contributed by atoms with Gasteiger partial charge in [-0.2, -0.15) is 0 Å². The third kappa shape index (κ3) is 4.89. The van der Waals surface area contributed by atoms with Crippen molar-refractivity contribution >= 4 is 11.8 Å². The summed E-state index contributed by atoms with van der Waals surface area (Å²) in [6, 6.07) is 5.58. The summed E-state index contributed by atoms with van der Waals surface area (Å²) in [5.74, 6) is 0.239. The average molecular weight is 341 g/mol. The number of carbonyl (C=O) groups is 2. The molecule has 0 atom stereocenters. The first-order valence-electron chi connectivity index (χ1n) is 8.63. The molecule has 7 nitrogen and oxygen atoms in total. The number of amides is 2. The summed E-state index contributed by atoms with van der Waals surface area (Å²) in [7, 11) is 0. The minimum atomic E-state index is 0.0749. The van der Waals surface area contributed by atoms with Gasteiger partial charge in [0.2, 0.25) is 11.8 Å². The van der Waals surface area contributed by atoms with E-state index in [-0.39, 0.29) is 11.8 Å². The van der Waals surface area contributed by atoms with Gasteiger partial charge in [0.25, 0.3) is 0 Å². The molecule has 0 saturated carbocycles. The van der Waals surface area contributed by atoms with Crippen molar-refractivity contribution in [2.75, 3.05) is 26.2 Å². The van der Waals surface area contributed by atoms with Crippen molar-refractivity contribution in [3.63, 3.8) is 0 Å². The molecule has 0 radical (unpaired) electrons. The topological polar surface area (TPSA) is 71.3 Å². The summed E-state index contributed by atoms with van der Waals surface area (Å²) in [6.45, 7) is 3.21. The molecular weight excluding hydrogens is 318 g/mol. The van der Waals surface area contributed by atoms with Gasteiger partial charge in [-0.05, 0) is 18.6 Å². The smallest absolute Gasteiger partial charge is 0.228 e. The summed E-state index contributed by atoms with van der Waals surface area (Å²) >= 11 is 0. The van der Waals surface area contributed by atoms with Gasteiger partial charge in [0.05, 0.1) is 12.7 Å². The quantitative estimate of drug-likeness (QED) is 0.785. The lowest BCUT2D eigenvalue weighted by Gasteiger charge is -2.35. The van der Waals surface area contributed by atoms with Crippen LogP contribution in [0.3, 0.4) is 0 Å². The molecule has 25 heavy (non-hydrogen) atoms. The zero-order valence-corrected chi connectivity index (χ0v) is 14.3. The molecule has 0 unspecified atom stereocenters. The summed E-state index contributed by atoms with van der Waals surface area (Å²) in [5, 5.41) is 0. The van der Waals surface area contributed by atoms with E-state index in [2.05, 4.69) is 9.97 Å². The molecule has 0 bridgehead atoms. The second kappa shape index (κ2) is 8.41. The van der Waals surface area contributed by atoms with E-state index in [0.29, 0.717) is 39.0 Å². The first kappa shape index (κ1) is 17.1. The standard InChI is InChI=1S/C18H23N5O2/c24-17(5-3-8-21-9-7-19-15-21)22-10-12-23(13-11-22)18(25)14-16-4-1-2-6-20-16/h1-2,4,6-7,9,15H,3,5,8,10-14H2. The maximum absolute atomic E-state index is 12.3. The van der Waals surface area contributed by atoms with Crippen LogP contribution in [0.4, 0.5) is 0 Å². The molecule has 3 heterocycles. The number of aryl methyl sites for hydroxylation is 1. The van der Waals surface area contributed by atoms with Crippen molar-refractivity contribution in [1.82, 2.24) is 24.3 Å². The second-order valence-corrected chi connectivity index (χ2v) is 6.16. The van der Waals surface area contributed by atoms with Crippen LogP contribution in [0.2, 0.25) is 0 Å². The number of hydrogen-bond donors (Lipinski definition) is 0. The number of aromatic nitrogens is 3. The van der Waals surface area contributed by atoms with Crippen molar-refractivity contribution in [2.45, 2.75) is 25.8 Å². The highest BCUT2D eigenvalue weighted by Gasteiger charge is 2.23. The molecule has 1 aliphatic heterocycles. The zero-order valence-electron chi connectivity index (χ0n) is 14.3. The highest BCUT2D eigenvalue weighted by Crippen LogP contribution is 2.08. The van der Waals surface area contributed by atoms with Crippen molar-refractivity contribution in [1.29, 1.82) is 0 Å². The Morgan fingerprint density at radius 3 is 2.40 bits per heavy atom. The number of nitrogens with zero attached hydrogens (tertiary/aromatic N) is 5. The Hall–Kier alpha value is -2.70. The van der Waals surface area contributed by atoms with Crippen LogP contribution in [0, 0.1) is 0 Å². The number of pyridine rings is 1. The summed E-state index contributed by atoms with van der Waals surface area (Å²) in [6.07, 6.45) is 8.74. The molecule has 1 aliphatic rings. The maximum atomic E-state index is 12.3. The number of rotatable bonds is 6. The van der Waals surface area contributed by atoms with Gasteiger partial charge in [-0.1, -0.05) is 6.07 Å². The van der Waals surface area contributed by atoms with Gasteiger partial charge in [0.15, 0.2) is 0 Å². The Balaban J connectivity index is 1.38. The SMILES string of the molecule is O=C(CCCn1ccnc1)N1CCN(C(=O)Cc2ccccn2)CC1. The fraction of sp³-hybridized carbons (Fsp3) is 0.444. The Morgan fingerprint density at radius 2 is 1.76 bits per heavy atom. The molecule has 2 aromatic heterocycles. The first-order valence-corrected chi connectivity index (χ1v) is 8.63. The van der Waals surface area contributed by atoms with E-state index in [1.807, 2.05) is 38.8 Å². The lowest BCUT2D eigenvalue weighted by atomic mass is 10.2. The second-order valence-electron chi connectivity index (χ2n) is 6.16. The van der Waals surface area contributed by atoms with E-state index in [1.165, 1.54) is 0 Å². The minimum Gasteiger partial charge on any atom is -0.339 e. The van der Waals surface area contributed by atoms with E-state index in [9.17, 15) is 9.59 Å². The van der Waals surface area contributed by atoms with Crippen molar-refractivity contribution < 1.29 is 9.59 Å². The molecular formula is C18H23N5O2. The number of imidazole rings is 1. The zero-order chi connectivity index (χ0) is 17.5. The van der Waals surface area contributed by atoms with E-state index < -0.39 is 0 Å². The molecule has 1 fully saturated rings. The normalized spacial score (nSPS) is 14.6. The van der Waals surface area contributed by atoms with Crippen LogP contribution in [0.1, 0.15) is 18.5 Å². The van der Waals surface area contributed by atoms with Gasteiger partial charge < -0.3 is 14.4 Å². The summed E-state index contributed by atoms with van der Waals surface area (Å²) < 4.78 is 1.97. The fourth-order valence-electron chi connectivity index (χ4n) is 2.96. The van der Waals surface area contributed by atoms with Crippen LogP contribution in [-0.4, -0.2) is 62.3 Å². The average Bonchev–Trinajstić information content (AvgIpc) is 3.16. The van der Waals surface area contributed by atoms with Gasteiger partial charge >= 0.3 is 0 Å². The van der Waals surface area contributed by atoms with Crippen LogP contribution >= 0.6 is 0 Å². The lowest BCUT2D eigenvalue weighted by Crippen LogP contribution is -2.51. The molecule has 2 aromatic rings. The van der Waals surface area contributed by atoms with Crippen LogP contribution in [-0.2, 0) is 22.6 Å². The molecule has 0 spiro atoms. The molecule has 132 valence electrons.